The van der Waals surface area contributed by atoms with Gasteiger partial charge in [-0.1, -0.05) is 12.1 Å². The van der Waals surface area contributed by atoms with Gasteiger partial charge in [-0.15, -0.1) is 0 Å². The van der Waals surface area contributed by atoms with E-state index in [0.29, 0.717) is 30.9 Å². The summed E-state index contributed by atoms with van der Waals surface area (Å²) in [5.74, 6) is -0.549. The van der Waals surface area contributed by atoms with E-state index in [1.807, 2.05) is 27.8 Å². The first-order valence-electron chi connectivity index (χ1n) is 6.89. The van der Waals surface area contributed by atoms with E-state index in [9.17, 15) is 9.41 Å². The van der Waals surface area contributed by atoms with Gasteiger partial charge < -0.3 is 20.8 Å². The summed E-state index contributed by atoms with van der Waals surface area (Å²) in [5, 5.41) is 24.7. The number of nitrogens with one attached hydrogen (secondary N) is 2. The van der Waals surface area contributed by atoms with Crippen molar-refractivity contribution in [3.63, 3.8) is 0 Å². The second-order valence-electron chi connectivity index (χ2n) is 5.48. The summed E-state index contributed by atoms with van der Waals surface area (Å²) in [4.78, 5) is 0. The van der Waals surface area contributed by atoms with E-state index in [2.05, 4.69) is 10.6 Å². The van der Waals surface area contributed by atoms with Gasteiger partial charge in [0.15, 0.2) is 0 Å². The normalized spacial score (nSPS) is 12.4. The van der Waals surface area contributed by atoms with E-state index in [0.717, 1.165) is 0 Å². The average molecular weight is 293 g/mol. The number of hydrogen-bond acceptors (Lipinski definition) is 4. The molecule has 0 saturated heterocycles. The highest BCUT2D eigenvalue weighted by Gasteiger charge is 2.18. The molecule has 1 radical (unpaired) electrons. The van der Waals surface area contributed by atoms with Crippen LogP contribution in [0, 0.1) is 5.82 Å². The molecule has 0 spiro atoms. The molecule has 0 aliphatic heterocycles. The molecule has 1 aromatic rings. The molecule has 0 bridgehead atoms. The summed E-state index contributed by atoms with van der Waals surface area (Å²) in [5.41, 5.74) is 1.24. The van der Waals surface area contributed by atoms with Crippen molar-refractivity contribution in [3.8, 4) is 0 Å². The van der Waals surface area contributed by atoms with Crippen LogP contribution in [0.1, 0.15) is 31.9 Å². The fourth-order valence-electron chi connectivity index (χ4n) is 1.88. The SMILES string of the molecule is CC=C(NCC(C)(C)NC)c1ccc(CO)c([B]O)c1F. The Morgan fingerprint density at radius 2 is 2.10 bits per heavy atom. The lowest BCUT2D eigenvalue weighted by molar-refractivity contribution is 0.282. The van der Waals surface area contributed by atoms with E-state index >= 15 is 0 Å². The number of allylic oxidation sites excluding steroid dienone is 1. The van der Waals surface area contributed by atoms with E-state index in [4.69, 9.17) is 5.11 Å². The van der Waals surface area contributed by atoms with Gasteiger partial charge in [0.1, 0.15) is 5.82 Å². The standard InChI is InChI=1S/C15H23BFN2O2/c1-5-12(19-9-15(2,3)18-4)11-7-6-10(8-20)13(16-21)14(11)17/h5-7,18-21H,8-9H2,1-4H3. The molecule has 0 unspecified atom stereocenters. The highest BCUT2D eigenvalue weighted by molar-refractivity contribution is 6.46. The molecule has 115 valence electrons. The van der Waals surface area contributed by atoms with Crippen LogP contribution in [-0.2, 0) is 6.61 Å². The molecule has 1 rings (SSSR count). The smallest absolute Gasteiger partial charge is 0.330 e. The zero-order valence-electron chi connectivity index (χ0n) is 13.0. The minimum Gasteiger partial charge on any atom is -0.450 e. The Morgan fingerprint density at radius 3 is 2.57 bits per heavy atom. The van der Waals surface area contributed by atoms with Crippen LogP contribution in [0.4, 0.5) is 4.39 Å². The van der Waals surface area contributed by atoms with Gasteiger partial charge in [0.25, 0.3) is 0 Å². The molecular formula is C15H23BFN2O2. The number of benzene rings is 1. The Morgan fingerprint density at radius 1 is 1.43 bits per heavy atom. The van der Waals surface area contributed by atoms with Gasteiger partial charge in [-0.3, -0.25) is 0 Å². The third-order valence-corrected chi connectivity index (χ3v) is 3.55. The van der Waals surface area contributed by atoms with Crippen LogP contribution >= 0.6 is 0 Å². The third kappa shape index (κ3) is 4.30. The zero-order chi connectivity index (χ0) is 16.0. The van der Waals surface area contributed by atoms with E-state index < -0.39 is 5.82 Å². The fraction of sp³-hybridized carbons (Fsp3) is 0.467. The van der Waals surface area contributed by atoms with Crippen molar-refractivity contribution < 1.29 is 14.5 Å². The average Bonchev–Trinajstić information content (AvgIpc) is 2.48. The molecule has 0 aliphatic rings. The second-order valence-corrected chi connectivity index (χ2v) is 5.48. The summed E-state index contributed by atoms with van der Waals surface area (Å²) in [6.07, 6.45) is 1.78. The van der Waals surface area contributed by atoms with Gasteiger partial charge in [0, 0.05) is 23.3 Å². The van der Waals surface area contributed by atoms with Crippen LogP contribution in [0.2, 0.25) is 0 Å². The summed E-state index contributed by atoms with van der Waals surface area (Å²) in [6.45, 7) is 6.17. The first-order valence-corrected chi connectivity index (χ1v) is 6.89. The molecular weight excluding hydrogens is 270 g/mol. The summed E-state index contributed by atoms with van der Waals surface area (Å²) >= 11 is 0. The van der Waals surface area contributed by atoms with Gasteiger partial charge in [-0.05, 0) is 44.9 Å². The van der Waals surface area contributed by atoms with Crippen molar-refractivity contribution in [2.24, 2.45) is 0 Å². The monoisotopic (exact) mass is 293 g/mol. The molecule has 21 heavy (non-hydrogen) atoms. The molecule has 0 heterocycles. The number of hydrogen-bond donors (Lipinski definition) is 4. The highest BCUT2D eigenvalue weighted by atomic mass is 19.1. The number of likely N-dealkylation sites (N-methyl/N-ethyl adjacent to an activating group) is 1. The summed E-state index contributed by atoms with van der Waals surface area (Å²) in [6, 6.07) is 3.21. The van der Waals surface area contributed by atoms with Crippen LogP contribution < -0.4 is 16.1 Å². The first kappa shape index (κ1) is 17.7. The summed E-state index contributed by atoms with van der Waals surface area (Å²) < 4.78 is 14.5. The lowest BCUT2D eigenvalue weighted by Gasteiger charge is -2.26. The molecule has 0 atom stereocenters. The van der Waals surface area contributed by atoms with Crippen LogP contribution in [0.25, 0.3) is 5.70 Å². The molecule has 0 saturated carbocycles. The predicted molar refractivity (Wildman–Crippen MR) is 84.7 cm³/mol. The molecule has 6 heteroatoms. The minimum absolute atomic E-state index is 0.0176. The Labute approximate surface area is 126 Å². The van der Waals surface area contributed by atoms with Gasteiger partial charge in [0.2, 0.25) is 0 Å². The van der Waals surface area contributed by atoms with Crippen molar-refractivity contribution in [2.45, 2.75) is 32.9 Å². The van der Waals surface area contributed by atoms with Gasteiger partial charge in [-0.2, -0.15) is 0 Å². The number of halogens is 1. The van der Waals surface area contributed by atoms with E-state index in [1.165, 1.54) is 0 Å². The number of aliphatic hydroxyl groups is 1. The van der Waals surface area contributed by atoms with Gasteiger partial charge in [-0.25, -0.2) is 4.39 Å². The maximum atomic E-state index is 14.5. The van der Waals surface area contributed by atoms with Crippen molar-refractivity contribution >= 4 is 18.6 Å². The van der Waals surface area contributed by atoms with Crippen LogP contribution in [0.5, 0.6) is 0 Å². The quantitative estimate of drug-likeness (QED) is 0.553. The number of aliphatic hydroxyl groups excluding tert-OH is 1. The molecule has 0 aromatic heterocycles. The topological polar surface area (TPSA) is 64.5 Å². The van der Waals surface area contributed by atoms with Crippen molar-refractivity contribution in [1.82, 2.24) is 10.6 Å². The molecule has 4 nitrogen and oxygen atoms in total. The third-order valence-electron chi connectivity index (χ3n) is 3.55. The predicted octanol–water partition coefficient (Wildman–Crippen LogP) is 0.503. The van der Waals surface area contributed by atoms with E-state index in [-0.39, 0.29) is 17.6 Å². The first-order chi connectivity index (χ1) is 9.90. The van der Waals surface area contributed by atoms with Gasteiger partial charge in [0.05, 0.1) is 6.61 Å². The minimum atomic E-state index is -0.549. The maximum absolute atomic E-state index is 14.5. The summed E-state index contributed by atoms with van der Waals surface area (Å²) in [7, 11) is 2.56. The lowest BCUT2D eigenvalue weighted by Crippen LogP contribution is -2.45. The second kappa shape index (κ2) is 7.59. The number of rotatable bonds is 7. The molecule has 4 N–H and O–H groups in total. The lowest BCUT2D eigenvalue weighted by atomic mass is 9.82. The Hall–Kier alpha value is -1.37. The molecule has 0 aliphatic carbocycles. The Kier molecular flexibility index (Phi) is 6.39. The van der Waals surface area contributed by atoms with Crippen molar-refractivity contribution in [1.29, 1.82) is 0 Å². The highest BCUT2D eigenvalue weighted by Crippen LogP contribution is 2.17. The van der Waals surface area contributed by atoms with Crippen molar-refractivity contribution in [3.05, 3.63) is 35.2 Å². The molecule has 0 amide bonds. The Bertz CT molecular complexity index is 519. The fourth-order valence-corrected chi connectivity index (χ4v) is 1.88. The van der Waals surface area contributed by atoms with Crippen LogP contribution in [-0.4, -0.2) is 36.7 Å². The van der Waals surface area contributed by atoms with E-state index in [1.54, 1.807) is 18.2 Å². The molecule has 1 aromatic carbocycles. The molecule has 0 fully saturated rings. The van der Waals surface area contributed by atoms with Crippen molar-refractivity contribution in [2.75, 3.05) is 13.6 Å². The van der Waals surface area contributed by atoms with Crippen LogP contribution in [0.15, 0.2) is 18.2 Å². The Balaban J connectivity index is 3.08. The largest absolute Gasteiger partial charge is 0.450 e. The van der Waals surface area contributed by atoms with Gasteiger partial charge >= 0.3 is 7.48 Å². The van der Waals surface area contributed by atoms with Crippen LogP contribution in [0.3, 0.4) is 0 Å². The zero-order valence-corrected chi connectivity index (χ0v) is 13.0. The maximum Gasteiger partial charge on any atom is 0.330 e.